The summed E-state index contributed by atoms with van der Waals surface area (Å²) in [5.41, 5.74) is 6.52. The molecular weight excluding hydrogens is 222 g/mol. The molecular formula is C12H17NO2S. The van der Waals surface area contributed by atoms with E-state index in [1.165, 1.54) is 11.8 Å². The highest BCUT2D eigenvalue weighted by atomic mass is 32.2. The van der Waals surface area contributed by atoms with E-state index >= 15 is 0 Å². The van der Waals surface area contributed by atoms with Crippen molar-refractivity contribution in [2.45, 2.75) is 11.0 Å². The molecule has 0 saturated carbocycles. The minimum absolute atomic E-state index is 0.325. The number of aliphatic hydroxyl groups excluding tert-OH is 1. The fourth-order valence-corrected chi connectivity index (χ4v) is 2.01. The summed E-state index contributed by atoms with van der Waals surface area (Å²) < 4.78 is 5.15. The van der Waals surface area contributed by atoms with E-state index in [0.717, 1.165) is 10.6 Å². The molecule has 0 amide bonds. The number of rotatable bonds is 7. The number of para-hydroxylation sites is 1. The van der Waals surface area contributed by atoms with Gasteiger partial charge in [-0.2, -0.15) is 0 Å². The van der Waals surface area contributed by atoms with Gasteiger partial charge in [-0.1, -0.05) is 18.2 Å². The van der Waals surface area contributed by atoms with E-state index in [1.807, 2.05) is 24.3 Å². The van der Waals surface area contributed by atoms with Crippen LogP contribution in [0.4, 0.5) is 5.69 Å². The maximum atomic E-state index is 9.61. The molecule has 0 heterocycles. The summed E-state index contributed by atoms with van der Waals surface area (Å²) in [4.78, 5) is 0.991. The molecule has 0 radical (unpaired) electrons. The highest BCUT2D eigenvalue weighted by Gasteiger charge is 2.06. The molecule has 0 saturated heterocycles. The average molecular weight is 239 g/mol. The van der Waals surface area contributed by atoms with Gasteiger partial charge in [0.15, 0.2) is 0 Å². The van der Waals surface area contributed by atoms with Crippen LogP contribution in [0.5, 0.6) is 0 Å². The van der Waals surface area contributed by atoms with Gasteiger partial charge in [-0.3, -0.25) is 0 Å². The van der Waals surface area contributed by atoms with Crippen LogP contribution in [0, 0.1) is 0 Å². The molecule has 3 N–H and O–H groups in total. The van der Waals surface area contributed by atoms with Crippen LogP contribution in [-0.4, -0.2) is 30.2 Å². The number of anilines is 1. The lowest BCUT2D eigenvalue weighted by atomic mass is 10.3. The summed E-state index contributed by atoms with van der Waals surface area (Å²) in [6.07, 6.45) is 1.18. The lowest BCUT2D eigenvalue weighted by molar-refractivity contribution is 0.0625. The Morgan fingerprint density at radius 1 is 1.50 bits per heavy atom. The van der Waals surface area contributed by atoms with Crippen molar-refractivity contribution in [1.29, 1.82) is 0 Å². The fourth-order valence-electron chi connectivity index (χ4n) is 1.13. The number of ether oxygens (including phenoxy) is 1. The SMILES string of the molecule is C=CCOCC(O)CSc1ccccc1N. The number of aliphatic hydroxyl groups is 1. The van der Waals surface area contributed by atoms with E-state index in [-0.39, 0.29) is 0 Å². The first-order valence-corrected chi connectivity index (χ1v) is 6.06. The highest BCUT2D eigenvalue weighted by Crippen LogP contribution is 2.24. The number of thioether (sulfide) groups is 1. The van der Waals surface area contributed by atoms with E-state index in [0.29, 0.717) is 19.0 Å². The van der Waals surface area contributed by atoms with Gasteiger partial charge in [0.1, 0.15) is 0 Å². The van der Waals surface area contributed by atoms with Crippen molar-refractivity contribution < 1.29 is 9.84 Å². The zero-order chi connectivity index (χ0) is 11.8. The van der Waals surface area contributed by atoms with Crippen LogP contribution < -0.4 is 5.73 Å². The molecule has 0 aliphatic rings. The molecule has 1 rings (SSSR count). The van der Waals surface area contributed by atoms with Crippen molar-refractivity contribution >= 4 is 17.4 Å². The predicted octanol–water partition coefficient (Wildman–Crippen LogP) is 1.92. The van der Waals surface area contributed by atoms with Gasteiger partial charge in [0, 0.05) is 16.3 Å². The summed E-state index contributed by atoms with van der Waals surface area (Å²) in [6, 6.07) is 7.61. The summed E-state index contributed by atoms with van der Waals surface area (Å²) in [5.74, 6) is 0.575. The third kappa shape index (κ3) is 4.70. The Bertz CT molecular complexity index is 331. The van der Waals surface area contributed by atoms with Crippen LogP contribution in [0.2, 0.25) is 0 Å². The molecule has 1 aromatic carbocycles. The monoisotopic (exact) mass is 239 g/mol. The second-order valence-corrected chi connectivity index (χ2v) is 4.39. The molecule has 0 spiro atoms. The van der Waals surface area contributed by atoms with E-state index in [2.05, 4.69) is 6.58 Å². The van der Waals surface area contributed by atoms with Gasteiger partial charge in [-0.05, 0) is 12.1 Å². The third-order valence-corrected chi connectivity index (χ3v) is 3.13. The second-order valence-electron chi connectivity index (χ2n) is 3.33. The molecule has 0 fully saturated rings. The van der Waals surface area contributed by atoms with Crippen molar-refractivity contribution in [1.82, 2.24) is 0 Å². The Morgan fingerprint density at radius 3 is 2.94 bits per heavy atom. The zero-order valence-corrected chi connectivity index (χ0v) is 9.95. The predicted molar refractivity (Wildman–Crippen MR) is 68.6 cm³/mol. The van der Waals surface area contributed by atoms with Gasteiger partial charge in [0.25, 0.3) is 0 Å². The Morgan fingerprint density at radius 2 is 2.25 bits per heavy atom. The van der Waals surface area contributed by atoms with Crippen LogP contribution in [0.15, 0.2) is 41.8 Å². The zero-order valence-electron chi connectivity index (χ0n) is 9.13. The highest BCUT2D eigenvalue weighted by molar-refractivity contribution is 7.99. The minimum atomic E-state index is -0.482. The fraction of sp³-hybridized carbons (Fsp3) is 0.333. The van der Waals surface area contributed by atoms with Gasteiger partial charge >= 0.3 is 0 Å². The van der Waals surface area contributed by atoms with E-state index < -0.39 is 6.10 Å². The molecule has 0 bridgehead atoms. The van der Waals surface area contributed by atoms with E-state index in [9.17, 15) is 5.11 Å². The quantitative estimate of drug-likeness (QED) is 0.330. The normalized spacial score (nSPS) is 12.3. The standard InChI is InChI=1S/C12H17NO2S/c1-2-7-15-8-10(14)9-16-12-6-4-3-5-11(12)13/h2-6,10,14H,1,7-9,13H2. The molecule has 1 unspecified atom stereocenters. The van der Waals surface area contributed by atoms with Gasteiger partial charge in [-0.25, -0.2) is 0 Å². The minimum Gasteiger partial charge on any atom is -0.398 e. The summed E-state index contributed by atoms with van der Waals surface area (Å²) in [5, 5.41) is 9.61. The Balaban J connectivity index is 2.28. The van der Waals surface area contributed by atoms with Gasteiger partial charge in [-0.15, -0.1) is 18.3 Å². The van der Waals surface area contributed by atoms with Crippen LogP contribution in [0.3, 0.4) is 0 Å². The molecule has 16 heavy (non-hydrogen) atoms. The van der Waals surface area contributed by atoms with Crippen molar-refractivity contribution in [3.63, 3.8) is 0 Å². The summed E-state index contributed by atoms with van der Waals surface area (Å²) in [6.45, 7) is 4.33. The number of hydrogen-bond acceptors (Lipinski definition) is 4. The smallest absolute Gasteiger partial charge is 0.0867 e. The molecule has 0 aliphatic carbocycles. The van der Waals surface area contributed by atoms with Crippen LogP contribution in [0.25, 0.3) is 0 Å². The first-order valence-electron chi connectivity index (χ1n) is 5.08. The van der Waals surface area contributed by atoms with E-state index in [1.54, 1.807) is 6.08 Å². The molecule has 4 heteroatoms. The van der Waals surface area contributed by atoms with Crippen molar-refractivity contribution in [2.75, 3.05) is 24.7 Å². The molecule has 88 valence electrons. The Kier molecular flexibility index (Phi) is 6.00. The second kappa shape index (κ2) is 7.33. The third-order valence-electron chi connectivity index (χ3n) is 1.90. The Labute approximate surface area is 100 Å². The maximum Gasteiger partial charge on any atom is 0.0867 e. The molecule has 3 nitrogen and oxygen atoms in total. The molecule has 1 atom stereocenters. The molecule has 1 aromatic rings. The Hall–Kier alpha value is -0.970. The van der Waals surface area contributed by atoms with Gasteiger partial charge < -0.3 is 15.6 Å². The lowest BCUT2D eigenvalue weighted by Gasteiger charge is -2.10. The summed E-state index contributed by atoms with van der Waals surface area (Å²) >= 11 is 1.53. The van der Waals surface area contributed by atoms with Gasteiger partial charge in [0.05, 0.1) is 19.3 Å². The van der Waals surface area contributed by atoms with Gasteiger partial charge in [0.2, 0.25) is 0 Å². The van der Waals surface area contributed by atoms with Crippen molar-refractivity contribution in [3.8, 4) is 0 Å². The molecule has 0 aliphatic heterocycles. The topological polar surface area (TPSA) is 55.5 Å². The largest absolute Gasteiger partial charge is 0.398 e. The summed E-state index contributed by atoms with van der Waals surface area (Å²) in [7, 11) is 0. The number of nitrogen functional groups attached to an aromatic ring is 1. The van der Waals surface area contributed by atoms with E-state index in [4.69, 9.17) is 10.5 Å². The number of hydrogen-bond donors (Lipinski definition) is 2. The van der Waals surface area contributed by atoms with Crippen LogP contribution in [0.1, 0.15) is 0 Å². The average Bonchev–Trinajstić information content (AvgIpc) is 2.28. The van der Waals surface area contributed by atoms with Crippen molar-refractivity contribution in [3.05, 3.63) is 36.9 Å². The number of benzene rings is 1. The number of nitrogens with two attached hydrogens (primary N) is 1. The first kappa shape index (κ1) is 13.1. The van der Waals surface area contributed by atoms with Crippen LogP contribution in [-0.2, 0) is 4.74 Å². The maximum absolute atomic E-state index is 9.61. The molecule has 0 aromatic heterocycles. The van der Waals surface area contributed by atoms with Crippen LogP contribution >= 0.6 is 11.8 Å². The lowest BCUT2D eigenvalue weighted by Crippen LogP contribution is -2.18. The van der Waals surface area contributed by atoms with Crippen molar-refractivity contribution in [2.24, 2.45) is 0 Å². The first-order chi connectivity index (χ1) is 7.74.